The Labute approximate surface area is 159 Å². The summed E-state index contributed by atoms with van der Waals surface area (Å²) in [5, 5.41) is 4.15. The van der Waals surface area contributed by atoms with E-state index in [2.05, 4.69) is 10.1 Å². The van der Waals surface area contributed by atoms with Gasteiger partial charge in [-0.1, -0.05) is 29.8 Å². The highest BCUT2D eigenvalue weighted by Crippen LogP contribution is 2.33. The van der Waals surface area contributed by atoms with Gasteiger partial charge in [0.25, 0.3) is 0 Å². The number of rotatable bonds is 3. The Hall–Kier alpha value is -3.35. The summed E-state index contributed by atoms with van der Waals surface area (Å²) < 4.78 is 47.0. The average Bonchev–Trinajstić information content (AvgIpc) is 3.11. The molecule has 0 aliphatic carbocycles. The lowest BCUT2D eigenvalue weighted by molar-refractivity contribution is -0.142. The lowest BCUT2D eigenvalue weighted by Gasteiger charge is -2.11. The minimum absolute atomic E-state index is 0.135. The van der Waals surface area contributed by atoms with Crippen LogP contribution in [0.4, 0.5) is 13.2 Å². The van der Waals surface area contributed by atoms with Gasteiger partial charge >= 0.3 is 6.18 Å². The second kappa shape index (κ2) is 6.67. The summed E-state index contributed by atoms with van der Waals surface area (Å²) in [6.07, 6.45) is -4.57. The molecule has 2 heterocycles. The number of alkyl halides is 3. The molecule has 0 N–H and O–H groups in total. The average molecular weight is 383 g/mol. The molecule has 0 radical (unpaired) electrons. The predicted molar refractivity (Wildman–Crippen MR) is 100 cm³/mol. The Kier molecular flexibility index (Phi) is 4.30. The second-order valence-electron chi connectivity index (χ2n) is 6.42. The van der Waals surface area contributed by atoms with E-state index in [1.54, 1.807) is 49.6 Å². The zero-order chi connectivity index (χ0) is 19.9. The van der Waals surface area contributed by atoms with Gasteiger partial charge in [0.15, 0.2) is 11.3 Å². The van der Waals surface area contributed by atoms with Crippen LogP contribution in [-0.2, 0) is 6.18 Å². The molecule has 0 atom stereocenters. The van der Waals surface area contributed by atoms with Crippen molar-refractivity contribution in [2.45, 2.75) is 13.1 Å². The first-order valence-corrected chi connectivity index (χ1v) is 8.54. The van der Waals surface area contributed by atoms with Crippen LogP contribution in [-0.4, -0.2) is 21.7 Å². The van der Waals surface area contributed by atoms with Crippen molar-refractivity contribution >= 4 is 5.65 Å². The van der Waals surface area contributed by atoms with Gasteiger partial charge in [0, 0.05) is 17.2 Å². The van der Waals surface area contributed by atoms with Gasteiger partial charge in [-0.05, 0) is 37.3 Å². The fourth-order valence-corrected chi connectivity index (χ4v) is 2.95. The third-order valence-electron chi connectivity index (χ3n) is 4.45. The van der Waals surface area contributed by atoms with Crippen molar-refractivity contribution in [3.05, 3.63) is 71.9 Å². The molecule has 0 aliphatic heterocycles. The van der Waals surface area contributed by atoms with Gasteiger partial charge in [-0.2, -0.15) is 18.3 Å². The number of hydrogen-bond acceptors (Lipinski definition) is 3. The maximum absolute atomic E-state index is 13.7. The van der Waals surface area contributed by atoms with E-state index in [9.17, 15) is 13.2 Å². The van der Waals surface area contributed by atoms with Crippen LogP contribution < -0.4 is 4.74 Å². The highest BCUT2D eigenvalue weighted by atomic mass is 19.4. The van der Waals surface area contributed by atoms with Crippen molar-refractivity contribution in [3.8, 4) is 28.3 Å². The highest BCUT2D eigenvalue weighted by molar-refractivity contribution is 5.68. The Morgan fingerprint density at radius 3 is 2.07 bits per heavy atom. The first-order valence-electron chi connectivity index (χ1n) is 8.54. The smallest absolute Gasteiger partial charge is 0.433 e. The van der Waals surface area contributed by atoms with Crippen LogP contribution in [0.25, 0.3) is 28.2 Å². The molecule has 0 spiro atoms. The van der Waals surface area contributed by atoms with E-state index in [1.807, 2.05) is 19.1 Å². The molecule has 0 amide bonds. The van der Waals surface area contributed by atoms with E-state index in [-0.39, 0.29) is 11.3 Å². The van der Waals surface area contributed by atoms with Gasteiger partial charge < -0.3 is 4.74 Å². The monoisotopic (exact) mass is 383 g/mol. The number of aryl methyl sites for hydroxylation is 1. The van der Waals surface area contributed by atoms with Gasteiger partial charge in [-0.25, -0.2) is 9.50 Å². The molecule has 142 valence electrons. The van der Waals surface area contributed by atoms with Gasteiger partial charge in [-0.15, -0.1) is 0 Å². The number of benzene rings is 2. The second-order valence-corrected chi connectivity index (χ2v) is 6.42. The van der Waals surface area contributed by atoms with E-state index in [0.29, 0.717) is 22.6 Å². The lowest BCUT2D eigenvalue weighted by atomic mass is 10.1. The van der Waals surface area contributed by atoms with Crippen LogP contribution in [0.5, 0.6) is 5.75 Å². The number of hydrogen-bond donors (Lipinski definition) is 0. The topological polar surface area (TPSA) is 39.4 Å². The Morgan fingerprint density at radius 1 is 0.857 bits per heavy atom. The van der Waals surface area contributed by atoms with Crippen LogP contribution in [0.15, 0.2) is 60.7 Å². The molecule has 4 rings (SSSR count). The fourth-order valence-electron chi connectivity index (χ4n) is 2.95. The molecule has 0 bridgehead atoms. The van der Waals surface area contributed by atoms with E-state index >= 15 is 0 Å². The summed E-state index contributed by atoms with van der Waals surface area (Å²) >= 11 is 0. The summed E-state index contributed by atoms with van der Waals surface area (Å²) in [5.74, 6) is 0.656. The molecular formula is C21H16F3N3O. The summed E-state index contributed by atoms with van der Waals surface area (Å²) in [7, 11) is 1.55. The van der Waals surface area contributed by atoms with Crippen molar-refractivity contribution in [2.75, 3.05) is 7.11 Å². The number of fused-ring (bicyclic) bond motifs is 1. The SMILES string of the molecule is COc1ccc(-c2cc3nc(-c4ccc(C)cc4)cc(C(F)(F)F)n3n2)cc1. The molecule has 4 nitrogen and oxygen atoms in total. The molecule has 0 saturated heterocycles. The molecule has 2 aromatic heterocycles. The van der Waals surface area contributed by atoms with Crippen LogP contribution in [0.3, 0.4) is 0 Å². The normalized spacial score (nSPS) is 11.8. The summed E-state index contributed by atoms with van der Waals surface area (Å²) in [6, 6.07) is 16.7. The molecule has 0 aliphatic rings. The van der Waals surface area contributed by atoms with Gasteiger partial charge in [0.2, 0.25) is 0 Å². The molecule has 4 aromatic rings. The van der Waals surface area contributed by atoms with Crippen LogP contribution >= 0.6 is 0 Å². The molecule has 0 fully saturated rings. The maximum atomic E-state index is 13.7. The van der Waals surface area contributed by atoms with E-state index in [1.165, 1.54) is 0 Å². The van der Waals surface area contributed by atoms with E-state index < -0.39 is 11.9 Å². The van der Waals surface area contributed by atoms with Crippen molar-refractivity contribution in [1.82, 2.24) is 14.6 Å². The zero-order valence-electron chi connectivity index (χ0n) is 15.2. The van der Waals surface area contributed by atoms with E-state index in [4.69, 9.17) is 4.74 Å². The Balaban J connectivity index is 1.89. The molecule has 28 heavy (non-hydrogen) atoms. The Bertz CT molecular complexity index is 1130. The third kappa shape index (κ3) is 3.31. The van der Waals surface area contributed by atoms with Gasteiger partial charge in [0.05, 0.1) is 18.5 Å². The van der Waals surface area contributed by atoms with Gasteiger partial charge in [0.1, 0.15) is 5.75 Å². The molecule has 2 aromatic carbocycles. The molecule has 7 heteroatoms. The Morgan fingerprint density at radius 2 is 1.46 bits per heavy atom. The van der Waals surface area contributed by atoms with Crippen molar-refractivity contribution in [3.63, 3.8) is 0 Å². The summed E-state index contributed by atoms with van der Waals surface area (Å²) in [6.45, 7) is 1.92. The standard InChI is InChI=1S/C21H16F3N3O/c1-13-3-5-14(6-4-13)17-11-19(21(22,23)24)27-20(25-17)12-18(26-27)15-7-9-16(28-2)10-8-15/h3-12H,1-2H3. The predicted octanol–water partition coefficient (Wildman–Crippen LogP) is 5.40. The molecular weight excluding hydrogens is 367 g/mol. The number of nitrogens with zero attached hydrogens (tertiary/aromatic N) is 3. The number of ether oxygens (including phenoxy) is 1. The maximum Gasteiger partial charge on any atom is 0.433 e. The number of aromatic nitrogens is 3. The first kappa shape index (κ1) is 18.0. The van der Waals surface area contributed by atoms with Gasteiger partial charge in [-0.3, -0.25) is 0 Å². The molecule has 0 saturated carbocycles. The highest BCUT2D eigenvalue weighted by Gasteiger charge is 2.35. The van der Waals surface area contributed by atoms with Crippen molar-refractivity contribution < 1.29 is 17.9 Å². The fraction of sp³-hybridized carbons (Fsp3) is 0.143. The van der Waals surface area contributed by atoms with Crippen LogP contribution in [0, 0.1) is 6.92 Å². The zero-order valence-corrected chi connectivity index (χ0v) is 15.2. The molecule has 0 unspecified atom stereocenters. The largest absolute Gasteiger partial charge is 0.497 e. The van der Waals surface area contributed by atoms with E-state index in [0.717, 1.165) is 16.1 Å². The minimum Gasteiger partial charge on any atom is -0.497 e. The van der Waals surface area contributed by atoms with Crippen molar-refractivity contribution in [2.24, 2.45) is 0 Å². The minimum atomic E-state index is -4.57. The van der Waals surface area contributed by atoms with Crippen LogP contribution in [0.1, 0.15) is 11.3 Å². The van der Waals surface area contributed by atoms with Crippen molar-refractivity contribution in [1.29, 1.82) is 0 Å². The first-order chi connectivity index (χ1) is 13.3. The lowest BCUT2D eigenvalue weighted by Crippen LogP contribution is -2.13. The van der Waals surface area contributed by atoms with Crippen LogP contribution in [0.2, 0.25) is 0 Å². The summed E-state index contributed by atoms with van der Waals surface area (Å²) in [5.41, 5.74) is 2.24. The quantitative estimate of drug-likeness (QED) is 0.476. The third-order valence-corrected chi connectivity index (χ3v) is 4.45. The number of methoxy groups -OCH3 is 1. The number of halogens is 3. The summed E-state index contributed by atoms with van der Waals surface area (Å²) in [4.78, 5) is 4.40.